The van der Waals surface area contributed by atoms with Gasteiger partial charge in [-0.25, -0.2) is 0 Å². The van der Waals surface area contributed by atoms with Crippen molar-refractivity contribution in [3.05, 3.63) is 54.0 Å². The van der Waals surface area contributed by atoms with Gasteiger partial charge >= 0.3 is 0 Å². The minimum atomic E-state index is 0.672. The van der Waals surface area contributed by atoms with Crippen LogP contribution < -0.4 is 10.1 Å². The molecule has 3 heterocycles. The normalized spacial score (nSPS) is 20.1. The first-order valence-electron chi connectivity index (χ1n) is 11.2. The summed E-state index contributed by atoms with van der Waals surface area (Å²) in [6.45, 7) is 6.29. The number of guanidine groups is 1. The molecule has 2 aromatic rings. The number of rotatable bonds is 8. The molecule has 0 radical (unpaired) electrons. The van der Waals surface area contributed by atoms with Crippen molar-refractivity contribution in [2.45, 2.75) is 38.1 Å². The average molecular weight is 411 g/mol. The van der Waals surface area contributed by atoms with Crippen LogP contribution in [0.4, 0.5) is 0 Å². The van der Waals surface area contributed by atoms with Crippen molar-refractivity contribution in [2.24, 2.45) is 4.99 Å². The molecule has 1 aromatic heterocycles. The van der Waals surface area contributed by atoms with Gasteiger partial charge in [0.05, 0.1) is 13.4 Å². The lowest BCUT2D eigenvalue weighted by Gasteiger charge is -2.25. The highest BCUT2D eigenvalue weighted by Gasteiger charge is 2.30. The molecule has 6 heteroatoms. The van der Waals surface area contributed by atoms with Crippen molar-refractivity contribution in [2.75, 3.05) is 46.4 Å². The van der Waals surface area contributed by atoms with E-state index in [1.165, 1.54) is 37.9 Å². The summed E-state index contributed by atoms with van der Waals surface area (Å²) in [6.07, 6.45) is 7.46. The van der Waals surface area contributed by atoms with E-state index >= 15 is 0 Å². The standard InChI is InChI=1S/C24H34N4O2/c1-29-22-8-6-20(7-9-22)10-13-25-24(26-14-11-23-5-4-18-30-23)28-17-12-21(19-28)27-15-2-3-16-27/h4-9,18,21H,2-3,10-17,19H2,1H3,(H,25,26). The monoisotopic (exact) mass is 410 g/mol. The Morgan fingerprint density at radius 1 is 1.13 bits per heavy atom. The molecule has 1 aromatic carbocycles. The van der Waals surface area contributed by atoms with Crippen molar-refractivity contribution in [3.8, 4) is 5.75 Å². The number of nitrogens with one attached hydrogen (secondary N) is 1. The van der Waals surface area contributed by atoms with Gasteiger partial charge in [0.25, 0.3) is 0 Å². The topological polar surface area (TPSA) is 53.2 Å². The van der Waals surface area contributed by atoms with Gasteiger partial charge in [0.15, 0.2) is 5.96 Å². The molecule has 162 valence electrons. The molecule has 2 fully saturated rings. The summed E-state index contributed by atoms with van der Waals surface area (Å²) in [5, 5.41) is 3.63. The molecule has 1 atom stereocenters. The molecule has 30 heavy (non-hydrogen) atoms. The molecular formula is C24H34N4O2. The van der Waals surface area contributed by atoms with E-state index in [2.05, 4.69) is 27.2 Å². The van der Waals surface area contributed by atoms with Gasteiger partial charge in [-0.05, 0) is 68.6 Å². The van der Waals surface area contributed by atoms with Crippen LogP contribution in [0.15, 0.2) is 52.1 Å². The molecule has 2 saturated heterocycles. The van der Waals surface area contributed by atoms with Crippen molar-refractivity contribution in [1.82, 2.24) is 15.1 Å². The highest BCUT2D eigenvalue weighted by atomic mass is 16.5. The number of ether oxygens (including phenoxy) is 1. The van der Waals surface area contributed by atoms with Crippen LogP contribution in [0.5, 0.6) is 5.75 Å². The second-order valence-corrected chi connectivity index (χ2v) is 8.19. The third kappa shape index (κ3) is 5.57. The summed E-state index contributed by atoms with van der Waals surface area (Å²) in [5.41, 5.74) is 1.30. The van der Waals surface area contributed by atoms with Crippen LogP contribution in [-0.2, 0) is 12.8 Å². The highest BCUT2D eigenvalue weighted by molar-refractivity contribution is 5.80. The fraction of sp³-hybridized carbons (Fsp3) is 0.542. The predicted molar refractivity (Wildman–Crippen MR) is 120 cm³/mol. The molecule has 1 N–H and O–H groups in total. The van der Waals surface area contributed by atoms with Gasteiger partial charge in [0.2, 0.25) is 0 Å². The Morgan fingerprint density at radius 2 is 1.97 bits per heavy atom. The second-order valence-electron chi connectivity index (χ2n) is 8.19. The molecule has 4 rings (SSSR count). The van der Waals surface area contributed by atoms with Crippen molar-refractivity contribution >= 4 is 5.96 Å². The molecule has 0 aliphatic carbocycles. The Morgan fingerprint density at radius 3 is 2.70 bits per heavy atom. The first kappa shape index (κ1) is 20.8. The molecule has 0 spiro atoms. The molecule has 0 bridgehead atoms. The zero-order valence-corrected chi connectivity index (χ0v) is 18.1. The number of benzene rings is 1. The number of hydrogen-bond donors (Lipinski definition) is 1. The van der Waals surface area contributed by atoms with E-state index in [1.807, 2.05) is 24.3 Å². The average Bonchev–Trinajstić information content (AvgIpc) is 3.55. The van der Waals surface area contributed by atoms with E-state index in [0.717, 1.165) is 56.5 Å². The molecule has 0 amide bonds. The number of furan rings is 1. The Balaban J connectivity index is 1.33. The van der Waals surface area contributed by atoms with E-state index in [9.17, 15) is 0 Å². The molecule has 2 aliphatic rings. The van der Waals surface area contributed by atoms with Gasteiger partial charge in [-0.15, -0.1) is 0 Å². The number of likely N-dealkylation sites (tertiary alicyclic amines) is 2. The molecule has 6 nitrogen and oxygen atoms in total. The van der Waals surface area contributed by atoms with Crippen LogP contribution in [0.2, 0.25) is 0 Å². The van der Waals surface area contributed by atoms with Gasteiger partial charge in [-0.3, -0.25) is 9.89 Å². The van der Waals surface area contributed by atoms with Crippen LogP contribution in [0.1, 0.15) is 30.6 Å². The summed E-state index contributed by atoms with van der Waals surface area (Å²) in [7, 11) is 1.70. The van der Waals surface area contributed by atoms with Gasteiger partial charge < -0.3 is 19.4 Å². The molecule has 1 unspecified atom stereocenters. The van der Waals surface area contributed by atoms with Crippen molar-refractivity contribution < 1.29 is 9.15 Å². The van der Waals surface area contributed by atoms with Gasteiger partial charge in [0, 0.05) is 38.6 Å². The quantitative estimate of drug-likeness (QED) is 0.535. The Labute approximate surface area is 179 Å². The fourth-order valence-corrected chi connectivity index (χ4v) is 4.44. The molecule has 2 aliphatic heterocycles. The number of aliphatic imine (C=N–C) groups is 1. The minimum absolute atomic E-state index is 0.672. The van der Waals surface area contributed by atoms with Crippen LogP contribution >= 0.6 is 0 Å². The van der Waals surface area contributed by atoms with E-state index in [1.54, 1.807) is 13.4 Å². The van der Waals surface area contributed by atoms with E-state index in [4.69, 9.17) is 14.1 Å². The van der Waals surface area contributed by atoms with Gasteiger partial charge in [-0.2, -0.15) is 0 Å². The summed E-state index contributed by atoms with van der Waals surface area (Å²) >= 11 is 0. The first-order chi connectivity index (χ1) is 14.8. The highest BCUT2D eigenvalue weighted by Crippen LogP contribution is 2.20. The lowest BCUT2D eigenvalue weighted by atomic mass is 10.1. The predicted octanol–water partition coefficient (Wildman–Crippen LogP) is 3.19. The van der Waals surface area contributed by atoms with Crippen LogP contribution in [-0.4, -0.2) is 68.2 Å². The molecular weight excluding hydrogens is 376 g/mol. The van der Waals surface area contributed by atoms with Gasteiger partial charge in [-0.1, -0.05) is 12.1 Å². The summed E-state index contributed by atoms with van der Waals surface area (Å²) < 4.78 is 10.7. The van der Waals surface area contributed by atoms with Crippen LogP contribution in [0.3, 0.4) is 0 Å². The summed E-state index contributed by atoms with van der Waals surface area (Å²) in [6, 6.07) is 12.9. The van der Waals surface area contributed by atoms with E-state index in [0.29, 0.717) is 6.04 Å². The maximum atomic E-state index is 5.46. The minimum Gasteiger partial charge on any atom is -0.497 e. The third-order valence-electron chi connectivity index (χ3n) is 6.18. The Hall–Kier alpha value is -2.47. The zero-order chi connectivity index (χ0) is 20.6. The number of methoxy groups -OCH3 is 1. The summed E-state index contributed by atoms with van der Waals surface area (Å²) in [4.78, 5) is 10.0. The van der Waals surface area contributed by atoms with Crippen molar-refractivity contribution in [3.63, 3.8) is 0 Å². The van der Waals surface area contributed by atoms with Crippen molar-refractivity contribution in [1.29, 1.82) is 0 Å². The first-order valence-corrected chi connectivity index (χ1v) is 11.2. The maximum absolute atomic E-state index is 5.46. The smallest absolute Gasteiger partial charge is 0.194 e. The van der Waals surface area contributed by atoms with Gasteiger partial charge in [0.1, 0.15) is 11.5 Å². The number of hydrogen-bond acceptors (Lipinski definition) is 4. The largest absolute Gasteiger partial charge is 0.497 e. The maximum Gasteiger partial charge on any atom is 0.194 e. The fourth-order valence-electron chi connectivity index (χ4n) is 4.44. The lowest BCUT2D eigenvalue weighted by molar-refractivity contribution is 0.249. The number of nitrogens with zero attached hydrogens (tertiary/aromatic N) is 3. The third-order valence-corrected chi connectivity index (χ3v) is 6.18. The Kier molecular flexibility index (Phi) is 7.29. The van der Waals surface area contributed by atoms with E-state index < -0.39 is 0 Å². The van der Waals surface area contributed by atoms with Crippen LogP contribution in [0.25, 0.3) is 0 Å². The summed E-state index contributed by atoms with van der Waals surface area (Å²) in [5.74, 6) is 2.93. The van der Waals surface area contributed by atoms with E-state index in [-0.39, 0.29) is 0 Å². The Bertz CT molecular complexity index is 782. The van der Waals surface area contributed by atoms with Crippen LogP contribution in [0, 0.1) is 0 Å². The SMILES string of the molecule is COc1ccc(CCNC(=NCCc2ccco2)N2CCC(N3CCCC3)C2)cc1. The lowest BCUT2D eigenvalue weighted by Crippen LogP contribution is -2.43. The second kappa shape index (κ2) is 10.5. The molecule has 0 saturated carbocycles. The zero-order valence-electron chi connectivity index (χ0n) is 18.1.